The number of hydrogen-bond acceptors (Lipinski definition) is 4. The summed E-state index contributed by atoms with van der Waals surface area (Å²) in [6, 6.07) is 0. The molecule has 3 aliphatic carbocycles. The van der Waals surface area contributed by atoms with Crippen molar-refractivity contribution in [2.24, 2.45) is 28.6 Å². The van der Waals surface area contributed by atoms with Crippen LogP contribution in [0.25, 0.3) is 0 Å². The van der Waals surface area contributed by atoms with Crippen LogP contribution in [-0.4, -0.2) is 24.1 Å². The second-order valence-electron chi connectivity index (χ2n) is 11.3. The molecule has 0 aromatic carbocycles. The zero-order valence-corrected chi connectivity index (χ0v) is 22.1. The van der Waals surface area contributed by atoms with Gasteiger partial charge in [-0.15, -0.1) is 0 Å². The lowest BCUT2D eigenvalue weighted by atomic mass is 9.50. The Kier molecular flexibility index (Phi) is 7.89. The van der Waals surface area contributed by atoms with Gasteiger partial charge in [0.2, 0.25) is 0 Å². The molecule has 0 amide bonds. The van der Waals surface area contributed by atoms with E-state index in [4.69, 9.17) is 4.74 Å². The number of carbonyl (C=O) groups is 3. The zero-order valence-electron chi connectivity index (χ0n) is 22.1. The quantitative estimate of drug-likeness (QED) is 0.189. The molecule has 0 bridgehead atoms. The van der Waals surface area contributed by atoms with Gasteiger partial charge in [0, 0.05) is 22.8 Å². The lowest BCUT2D eigenvalue weighted by molar-refractivity contribution is -0.153. The first-order chi connectivity index (χ1) is 16.0. The maximum atomic E-state index is 13.6. The lowest BCUT2D eigenvalue weighted by Crippen LogP contribution is -2.52. The molecular formula is C30H42O4. The molecule has 0 aromatic rings. The van der Waals surface area contributed by atoms with Crippen molar-refractivity contribution in [1.82, 2.24) is 0 Å². The van der Waals surface area contributed by atoms with E-state index in [1.54, 1.807) is 13.0 Å². The number of hydrogen-bond donors (Lipinski definition) is 0. The Hall–Kier alpha value is -2.23. The van der Waals surface area contributed by atoms with Gasteiger partial charge in [0.25, 0.3) is 0 Å². The third-order valence-corrected chi connectivity index (χ3v) is 9.17. The SMILES string of the molecule is C/C=C(/C)C(=O)O[C@@H]1CCC2=CC(=O)[C@H]([C@@]3(C=O)CCC=C(C)C3CC=C(C)C)C[C@]2(C)[C@H]1C. The molecule has 0 radical (unpaired) electrons. The van der Waals surface area contributed by atoms with Crippen molar-refractivity contribution in [3.63, 3.8) is 0 Å². The minimum absolute atomic E-state index is 0.0333. The van der Waals surface area contributed by atoms with Gasteiger partial charge in [-0.25, -0.2) is 4.79 Å². The predicted octanol–water partition coefficient (Wildman–Crippen LogP) is 6.71. The van der Waals surface area contributed by atoms with Crippen LogP contribution in [0.3, 0.4) is 0 Å². The van der Waals surface area contributed by atoms with Crippen LogP contribution in [0.5, 0.6) is 0 Å². The molecule has 0 spiro atoms. The van der Waals surface area contributed by atoms with Gasteiger partial charge in [0.1, 0.15) is 12.4 Å². The lowest BCUT2D eigenvalue weighted by Gasteiger charge is -2.53. The summed E-state index contributed by atoms with van der Waals surface area (Å²) >= 11 is 0. The van der Waals surface area contributed by atoms with E-state index >= 15 is 0 Å². The summed E-state index contributed by atoms with van der Waals surface area (Å²) in [6.07, 6.45) is 13.4. The molecular weight excluding hydrogens is 424 g/mol. The summed E-state index contributed by atoms with van der Waals surface area (Å²) in [5.74, 6) is -0.420. The summed E-state index contributed by atoms with van der Waals surface area (Å²) < 4.78 is 5.93. The van der Waals surface area contributed by atoms with Crippen LogP contribution in [0.4, 0.5) is 0 Å². The minimum atomic E-state index is -0.697. The van der Waals surface area contributed by atoms with Gasteiger partial charge in [-0.1, -0.05) is 48.8 Å². The Balaban J connectivity index is 1.97. The Morgan fingerprint density at radius 2 is 1.97 bits per heavy atom. The third-order valence-electron chi connectivity index (χ3n) is 9.17. The number of ketones is 1. The van der Waals surface area contributed by atoms with Gasteiger partial charge in [0.05, 0.1) is 0 Å². The number of carbonyl (C=O) groups excluding carboxylic acids is 3. The highest BCUT2D eigenvalue weighted by Gasteiger charge is 2.56. The summed E-state index contributed by atoms with van der Waals surface area (Å²) in [5, 5.41) is 0. The van der Waals surface area contributed by atoms with Gasteiger partial charge < -0.3 is 9.53 Å². The summed E-state index contributed by atoms with van der Waals surface area (Å²) in [5.41, 5.74) is 3.23. The summed E-state index contributed by atoms with van der Waals surface area (Å²) in [7, 11) is 0. The van der Waals surface area contributed by atoms with Crippen molar-refractivity contribution in [3.8, 4) is 0 Å². The van der Waals surface area contributed by atoms with Gasteiger partial charge in [-0.05, 0) is 90.6 Å². The molecule has 3 rings (SSSR count). The monoisotopic (exact) mass is 466 g/mol. The molecule has 4 nitrogen and oxygen atoms in total. The highest BCUT2D eigenvalue weighted by Crippen LogP contribution is 2.58. The van der Waals surface area contributed by atoms with E-state index in [0.29, 0.717) is 18.4 Å². The third kappa shape index (κ3) is 4.65. The first kappa shape index (κ1) is 26.4. The molecule has 0 saturated heterocycles. The van der Waals surface area contributed by atoms with E-state index in [-0.39, 0.29) is 41.0 Å². The molecule has 186 valence electrons. The van der Waals surface area contributed by atoms with E-state index in [0.717, 1.165) is 37.5 Å². The van der Waals surface area contributed by atoms with E-state index < -0.39 is 5.41 Å². The van der Waals surface area contributed by atoms with Crippen molar-refractivity contribution in [1.29, 1.82) is 0 Å². The molecule has 1 saturated carbocycles. The Morgan fingerprint density at radius 3 is 2.59 bits per heavy atom. The van der Waals surface area contributed by atoms with Gasteiger partial charge in [-0.2, -0.15) is 0 Å². The topological polar surface area (TPSA) is 60.4 Å². The van der Waals surface area contributed by atoms with E-state index in [9.17, 15) is 14.4 Å². The molecule has 34 heavy (non-hydrogen) atoms. The van der Waals surface area contributed by atoms with Crippen LogP contribution in [0.15, 0.2) is 46.6 Å². The number of fused-ring (bicyclic) bond motifs is 1. The van der Waals surface area contributed by atoms with E-state index in [2.05, 4.69) is 46.8 Å². The van der Waals surface area contributed by atoms with E-state index in [1.165, 1.54) is 11.1 Å². The molecule has 0 aromatic heterocycles. The Labute approximate surface area is 205 Å². The number of ether oxygens (including phenoxy) is 1. The fraction of sp³-hybridized carbons (Fsp3) is 0.633. The van der Waals surface area contributed by atoms with Crippen molar-refractivity contribution < 1.29 is 19.1 Å². The van der Waals surface area contributed by atoms with Crippen LogP contribution in [-0.2, 0) is 19.1 Å². The fourth-order valence-electron chi connectivity index (χ4n) is 6.54. The van der Waals surface area contributed by atoms with Crippen molar-refractivity contribution in [2.75, 3.05) is 0 Å². The second-order valence-corrected chi connectivity index (χ2v) is 11.3. The number of aldehydes is 1. The normalized spacial score (nSPS) is 36.1. The average Bonchev–Trinajstić information content (AvgIpc) is 2.80. The summed E-state index contributed by atoms with van der Waals surface area (Å²) in [4.78, 5) is 39.0. The maximum absolute atomic E-state index is 13.6. The van der Waals surface area contributed by atoms with Crippen LogP contribution in [0.2, 0.25) is 0 Å². The minimum Gasteiger partial charge on any atom is -0.459 e. The zero-order chi connectivity index (χ0) is 25.3. The number of esters is 1. The highest BCUT2D eigenvalue weighted by atomic mass is 16.5. The van der Waals surface area contributed by atoms with Gasteiger partial charge in [0.15, 0.2) is 5.78 Å². The van der Waals surface area contributed by atoms with Crippen LogP contribution >= 0.6 is 0 Å². The molecule has 3 aliphatic rings. The molecule has 1 fully saturated rings. The van der Waals surface area contributed by atoms with Gasteiger partial charge >= 0.3 is 5.97 Å². The number of rotatable bonds is 6. The van der Waals surface area contributed by atoms with E-state index in [1.807, 2.05) is 13.0 Å². The molecule has 0 aliphatic heterocycles. The van der Waals surface area contributed by atoms with Crippen molar-refractivity contribution >= 4 is 18.0 Å². The van der Waals surface area contributed by atoms with Crippen LogP contribution < -0.4 is 0 Å². The predicted molar refractivity (Wildman–Crippen MR) is 136 cm³/mol. The first-order valence-corrected chi connectivity index (χ1v) is 12.8. The summed E-state index contributed by atoms with van der Waals surface area (Å²) in [6.45, 7) is 14.2. The molecule has 4 heteroatoms. The first-order valence-electron chi connectivity index (χ1n) is 12.8. The molecule has 0 N–H and O–H groups in total. The van der Waals surface area contributed by atoms with Gasteiger partial charge in [-0.3, -0.25) is 4.79 Å². The second kappa shape index (κ2) is 10.2. The van der Waals surface area contributed by atoms with Crippen molar-refractivity contribution in [2.45, 2.75) is 93.1 Å². The Morgan fingerprint density at radius 1 is 1.26 bits per heavy atom. The van der Waals surface area contributed by atoms with Crippen LogP contribution in [0.1, 0.15) is 87.0 Å². The fourth-order valence-corrected chi connectivity index (χ4v) is 6.54. The molecule has 1 unspecified atom stereocenters. The van der Waals surface area contributed by atoms with Crippen LogP contribution in [0, 0.1) is 28.6 Å². The highest BCUT2D eigenvalue weighted by molar-refractivity contribution is 5.96. The molecule has 6 atom stereocenters. The largest absolute Gasteiger partial charge is 0.459 e. The van der Waals surface area contributed by atoms with Crippen molar-refractivity contribution in [3.05, 3.63) is 46.6 Å². The standard InChI is InChI=1S/C30H42O4/c1-8-20(4)28(33)34-27-14-12-23-16-26(32)25(17-29(23,7)22(27)6)30(18-31)15-9-10-21(5)24(30)13-11-19(2)3/h8,10-11,16,18,22,24-25,27H,9,12-15,17H2,1-7H3/b20-8-/t22-,24?,25+,27+,29+,30+/m0/s1. The smallest absolute Gasteiger partial charge is 0.333 e. The maximum Gasteiger partial charge on any atom is 0.333 e. The number of allylic oxidation sites excluding steroid dienone is 7. The average molecular weight is 467 g/mol. The Bertz CT molecular complexity index is 960. The molecule has 0 heterocycles.